The molecule has 3 aliphatic heterocycles. The Balaban J connectivity index is 1.26. The summed E-state index contributed by atoms with van der Waals surface area (Å²) in [5.74, 6) is -0.748. The van der Waals surface area contributed by atoms with Gasteiger partial charge >= 0.3 is 5.97 Å². The molecule has 0 aliphatic carbocycles. The number of rotatable bonds is 13. The van der Waals surface area contributed by atoms with E-state index in [2.05, 4.69) is 0 Å². The van der Waals surface area contributed by atoms with E-state index in [-0.39, 0.29) is 23.9 Å². The molecule has 3 heterocycles. The standard InChI is InChI=1S/C35H46O18/c1-16-31(52-24(39)10-6-18-5-9-20(37)22(13-18)46-2)32(53-34-28(43)25(40)21(38)14-48-34)30(45)35(50-16)49-15-23-26(41)27(42)29(44)33(51-23)47-12-11-17-3-7-19(36)8-4-17/h3-10,13,16,21,23,25-38,40-45H,11-12,14-15H2,1-2H3. The lowest BCUT2D eigenvalue weighted by molar-refractivity contribution is -0.354. The van der Waals surface area contributed by atoms with Crippen molar-refractivity contribution in [2.45, 2.75) is 99.4 Å². The molecule has 2 aromatic rings. The number of carbonyl (C=O) groups is 1. The maximum absolute atomic E-state index is 13.0. The number of aliphatic hydroxyl groups excluding tert-OH is 7. The second kappa shape index (κ2) is 18.2. The summed E-state index contributed by atoms with van der Waals surface area (Å²) >= 11 is 0. The molecule has 3 fully saturated rings. The maximum atomic E-state index is 13.0. The number of aliphatic hydroxyl groups is 7. The summed E-state index contributed by atoms with van der Waals surface area (Å²) in [4.78, 5) is 13.0. The number of esters is 1. The molecule has 0 bridgehead atoms. The Morgan fingerprint density at radius 1 is 0.811 bits per heavy atom. The van der Waals surface area contributed by atoms with E-state index in [0.29, 0.717) is 12.0 Å². The van der Waals surface area contributed by atoms with Crippen molar-refractivity contribution in [3.63, 3.8) is 0 Å². The van der Waals surface area contributed by atoms with Crippen LogP contribution in [0.3, 0.4) is 0 Å². The number of hydrogen-bond donors (Lipinski definition) is 9. The summed E-state index contributed by atoms with van der Waals surface area (Å²) in [6.45, 7) is 0.583. The quantitative estimate of drug-likeness (QED) is 0.0794. The van der Waals surface area contributed by atoms with Gasteiger partial charge in [0.15, 0.2) is 36.5 Å². The molecule has 9 N–H and O–H groups in total. The van der Waals surface area contributed by atoms with Crippen molar-refractivity contribution in [3.8, 4) is 17.2 Å². The maximum Gasteiger partial charge on any atom is 0.331 e. The minimum Gasteiger partial charge on any atom is -0.508 e. The van der Waals surface area contributed by atoms with Gasteiger partial charge < -0.3 is 83.9 Å². The highest BCUT2D eigenvalue weighted by Crippen LogP contribution is 2.32. The zero-order valence-electron chi connectivity index (χ0n) is 28.8. The molecule has 3 saturated heterocycles. The van der Waals surface area contributed by atoms with Gasteiger partial charge in [0, 0.05) is 6.08 Å². The number of phenolic OH excluding ortho intramolecular Hbond substituents is 2. The Morgan fingerprint density at radius 3 is 2.23 bits per heavy atom. The average molecular weight is 755 g/mol. The Labute approximate surface area is 303 Å². The molecular weight excluding hydrogens is 708 g/mol. The fourth-order valence-electron chi connectivity index (χ4n) is 5.97. The van der Waals surface area contributed by atoms with Crippen molar-refractivity contribution >= 4 is 12.0 Å². The third-order valence-corrected chi connectivity index (χ3v) is 9.07. The van der Waals surface area contributed by atoms with Crippen LogP contribution < -0.4 is 4.74 Å². The molecule has 18 nitrogen and oxygen atoms in total. The van der Waals surface area contributed by atoms with E-state index < -0.39 is 105 Å². The van der Waals surface area contributed by atoms with Crippen molar-refractivity contribution in [1.82, 2.24) is 0 Å². The van der Waals surface area contributed by atoms with Crippen LogP contribution in [0.1, 0.15) is 18.1 Å². The first-order chi connectivity index (χ1) is 25.3. The number of phenols is 2. The van der Waals surface area contributed by atoms with Gasteiger partial charge in [-0.1, -0.05) is 18.2 Å². The van der Waals surface area contributed by atoms with E-state index in [9.17, 15) is 50.8 Å². The second-order valence-corrected chi connectivity index (χ2v) is 12.9. The Morgan fingerprint density at radius 2 is 1.51 bits per heavy atom. The molecule has 5 rings (SSSR count). The van der Waals surface area contributed by atoms with Crippen molar-refractivity contribution < 1.29 is 88.6 Å². The van der Waals surface area contributed by atoms with Gasteiger partial charge in [-0.15, -0.1) is 0 Å². The van der Waals surface area contributed by atoms with Gasteiger partial charge in [-0.05, 0) is 54.8 Å². The fourth-order valence-corrected chi connectivity index (χ4v) is 5.97. The van der Waals surface area contributed by atoms with Gasteiger partial charge in [-0.3, -0.25) is 0 Å². The normalized spacial score (nSPS) is 36.3. The first-order valence-corrected chi connectivity index (χ1v) is 16.9. The highest BCUT2D eigenvalue weighted by Gasteiger charge is 2.51. The van der Waals surface area contributed by atoms with Gasteiger partial charge in [0.05, 0.1) is 33.0 Å². The monoisotopic (exact) mass is 754 g/mol. The van der Waals surface area contributed by atoms with Crippen LogP contribution in [0, 0.1) is 0 Å². The summed E-state index contributed by atoms with van der Waals surface area (Å²) in [5, 5.41) is 93.1. The van der Waals surface area contributed by atoms with Gasteiger partial charge in [0.1, 0.15) is 60.7 Å². The lowest BCUT2D eigenvalue weighted by atomic mass is 9.98. The minimum atomic E-state index is -1.78. The largest absolute Gasteiger partial charge is 0.508 e. The minimum absolute atomic E-state index is 0.0448. The average Bonchev–Trinajstić information content (AvgIpc) is 3.14. The second-order valence-electron chi connectivity index (χ2n) is 12.9. The summed E-state index contributed by atoms with van der Waals surface area (Å²) in [5.41, 5.74) is 1.30. The highest BCUT2D eigenvalue weighted by atomic mass is 16.7. The molecule has 2 aromatic carbocycles. The van der Waals surface area contributed by atoms with Gasteiger partial charge in [-0.2, -0.15) is 0 Å². The van der Waals surface area contributed by atoms with Crippen molar-refractivity contribution in [1.29, 1.82) is 0 Å². The summed E-state index contributed by atoms with van der Waals surface area (Å²) in [7, 11) is 1.36. The number of carbonyl (C=O) groups excluding carboxylic acids is 1. The number of benzene rings is 2. The Kier molecular flexibility index (Phi) is 14.0. The first-order valence-electron chi connectivity index (χ1n) is 16.9. The number of methoxy groups -OCH3 is 1. The molecule has 0 saturated carbocycles. The topological polar surface area (TPSA) is 273 Å². The van der Waals surface area contributed by atoms with Crippen LogP contribution in [-0.4, -0.2) is 165 Å². The third-order valence-electron chi connectivity index (χ3n) is 9.07. The van der Waals surface area contributed by atoms with E-state index >= 15 is 0 Å². The van der Waals surface area contributed by atoms with E-state index in [1.165, 1.54) is 50.4 Å². The highest BCUT2D eigenvalue weighted by molar-refractivity contribution is 5.87. The fraction of sp³-hybridized carbons (Fsp3) is 0.571. The molecule has 294 valence electrons. The zero-order chi connectivity index (χ0) is 38.4. The number of ether oxygens (including phenoxy) is 8. The van der Waals surface area contributed by atoms with Crippen LogP contribution in [0.15, 0.2) is 48.5 Å². The van der Waals surface area contributed by atoms with Crippen LogP contribution in [0.5, 0.6) is 17.2 Å². The Bertz CT molecular complexity index is 1510. The van der Waals surface area contributed by atoms with E-state index in [1.807, 2.05) is 0 Å². The lowest BCUT2D eigenvalue weighted by Crippen LogP contribution is -2.64. The SMILES string of the molecule is COc1cc(C=CC(=O)OC2C(C)OC(OCC3OC(OCCc4ccc(O)cc4)C(O)C(O)C3O)C(O)C2OC2OCC(O)C(O)C2O)ccc1O. The zero-order valence-corrected chi connectivity index (χ0v) is 28.8. The number of hydrogen-bond acceptors (Lipinski definition) is 18. The third kappa shape index (κ3) is 9.99. The lowest BCUT2D eigenvalue weighted by Gasteiger charge is -2.46. The number of aromatic hydroxyl groups is 2. The summed E-state index contributed by atoms with van der Waals surface area (Å²) in [6.07, 6.45) is -18.5. The molecule has 0 amide bonds. The van der Waals surface area contributed by atoms with Crippen LogP contribution in [-0.2, 0) is 44.4 Å². The van der Waals surface area contributed by atoms with Gasteiger partial charge in [-0.25, -0.2) is 4.79 Å². The van der Waals surface area contributed by atoms with Gasteiger partial charge in [0.25, 0.3) is 0 Å². The first kappa shape index (κ1) is 40.7. The predicted octanol–water partition coefficient (Wildman–Crippen LogP) is -1.96. The molecule has 3 aliphatic rings. The Hall–Kier alpha value is -3.47. The van der Waals surface area contributed by atoms with Gasteiger partial charge in [0.2, 0.25) is 0 Å². The van der Waals surface area contributed by atoms with Crippen molar-refractivity contribution in [2.24, 2.45) is 0 Å². The molecule has 18 heteroatoms. The molecule has 53 heavy (non-hydrogen) atoms. The van der Waals surface area contributed by atoms with Crippen molar-refractivity contribution in [3.05, 3.63) is 59.7 Å². The molecule has 0 radical (unpaired) electrons. The summed E-state index contributed by atoms with van der Waals surface area (Å²) < 4.78 is 44.9. The smallest absolute Gasteiger partial charge is 0.331 e. The van der Waals surface area contributed by atoms with E-state index in [1.54, 1.807) is 12.1 Å². The molecule has 0 spiro atoms. The molecule has 14 unspecified atom stereocenters. The summed E-state index contributed by atoms with van der Waals surface area (Å²) in [6, 6.07) is 10.7. The van der Waals surface area contributed by atoms with Crippen molar-refractivity contribution in [2.75, 3.05) is 26.9 Å². The molecule has 14 atom stereocenters. The molecule has 0 aromatic heterocycles. The van der Waals surface area contributed by atoms with Crippen LogP contribution in [0.2, 0.25) is 0 Å². The predicted molar refractivity (Wildman–Crippen MR) is 177 cm³/mol. The van der Waals surface area contributed by atoms with E-state index in [4.69, 9.17) is 37.9 Å². The molecular formula is C35H46O18. The van der Waals surface area contributed by atoms with Crippen LogP contribution in [0.25, 0.3) is 6.08 Å². The van der Waals surface area contributed by atoms with Crippen LogP contribution >= 0.6 is 0 Å². The van der Waals surface area contributed by atoms with Crippen LogP contribution in [0.4, 0.5) is 0 Å². The van der Waals surface area contributed by atoms with E-state index in [0.717, 1.165) is 11.6 Å².